The van der Waals surface area contributed by atoms with Crippen LogP contribution in [-0.4, -0.2) is 36.4 Å². The summed E-state index contributed by atoms with van der Waals surface area (Å²) in [6.45, 7) is 4.08. The molecule has 1 atom stereocenters. The van der Waals surface area contributed by atoms with Gasteiger partial charge in [0, 0.05) is 12.8 Å². The van der Waals surface area contributed by atoms with Crippen LogP contribution in [0.4, 0.5) is 0 Å². The molecule has 90 heavy (non-hydrogen) atoms. The number of aliphatic hydroxyl groups is 1. The van der Waals surface area contributed by atoms with Crippen molar-refractivity contribution in [2.24, 2.45) is 0 Å². The fourth-order valence-corrected chi connectivity index (χ4v) is 12.5. The number of ether oxygens (including phenoxy) is 2. The fourth-order valence-electron chi connectivity index (χ4n) is 12.5. The monoisotopic (exact) mass is 1260 g/mol. The highest BCUT2D eigenvalue weighted by Gasteiger charge is 2.16. The van der Waals surface area contributed by atoms with Gasteiger partial charge in [-0.3, -0.25) is 9.59 Å². The summed E-state index contributed by atoms with van der Waals surface area (Å²) < 4.78 is 10.8. The van der Waals surface area contributed by atoms with Crippen LogP contribution in [0.1, 0.15) is 438 Å². The number of esters is 2. The van der Waals surface area contributed by atoms with Crippen molar-refractivity contribution in [1.29, 1.82) is 0 Å². The van der Waals surface area contributed by atoms with Gasteiger partial charge in [0.05, 0.1) is 6.61 Å². The fraction of sp³-hybridized carbons (Fsp3) is 0.835. The summed E-state index contributed by atoms with van der Waals surface area (Å²) in [5.74, 6) is -0.564. The highest BCUT2D eigenvalue weighted by Crippen LogP contribution is 2.20. The van der Waals surface area contributed by atoms with Crippen LogP contribution in [-0.2, 0) is 19.1 Å². The number of rotatable bonds is 76. The molecule has 0 aromatic heterocycles. The third kappa shape index (κ3) is 77.8. The van der Waals surface area contributed by atoms with Gasteiger partial charge in [-0.25, -0.2) is 0 Å². The van der Waals surface area contributed by atoms with Gasteiger partial charge in [-0.1, -0.05) is 414 Å². The number of carbonyl (C=O) groups is 2. The van der Waals surface area contributed by atoms with E-state index in [4.69, 9.17) is 9.47 Å². The highest BCUT2D eigenvalue weighted by atomic mass is 16.6. The van der Waals surface area contributed by atoms with Crippen molar-refractivity contribution in [2.75, 3.05) is 13.2 Å². The van der Waals surface area contributed by atoms with Crippen LogP contribution in [0.3, 0.4) is 0 Å². The average molecular weight is 1260 g/mol. The van der Waals surface area contributed by atoms with Crippen LogP contribution in [0.5, 0.6) is 0 Å². The number of allylic oxidation sites excluding steroid dienone is 12. The Bertz CT molecular complexity index is 1570. The first-order valence-corrected chi connectivity index (χ1v) is 40.5. The van der Waals surface area contributed by atoms with Crippen LogP contribution in [0.25, 0.3) is 0 Å². The zero-order chi connectivity index (χ0) is 64.7. The largest absolute Gasteiger partial charge is 0.462 e. The predicted octanol–water partition coefficient (Wildman–Crippen LogP) is 28.6. The number of hydrogen-bond donors (Lipinski definition) is 1. The Morgan fingerprint density at radius 3 is 0.722 bits per heavy atom. The predicted molar refractivity (Wildman–Crippen MR) is 399 cm³/mol. The van der Waals surface area contributed by atoms with Crippen LogP contribution in [0, 0.1) is 0 Å². The van der Waals surface area contributed by atoms with E-state index in [1.165, 1.54) is 347 Å². The molecule has 0 saturated heterocycles. The Kier molecular flexibility index (Phi) is 78.2. The molecule has 0 aliphatic heterocycles. The first-order chi connectivity index (χ1) is 44.6. The summed E-state index contributed by atoms with van der Waals surface area (Å²) in [4.78, 5) is 24.7. The van der Waals surface area contributed by atoms with Crippen molar-refractivity contribution in [3.05, 3.63) is 72.9 Å². The third-order valence-corrected chi connectivity index (χ3v) is 18.5. The zero-order valence-electron chi connectivity index (χ0n) is 60.7. The molecule has 5 nitrogen and oxygen atoms in total. The molecule has 526 valence electrons. The minimum absolute atomic E-state index is 0.0597. The number of unbranched alkanes of at least 4 members (excludes halogenated alkanes) is 56. The standard InChI is InChI=1S/C85H156O5/c1-3-5-7-9-11-13-15-17-19-21-23-25-27-29-31-33-35-37-39-40-41-42-43-44-46-48-50-52-54-56-58-60-62-64-66-68-70-72-74-76-78-80-85(88)90-83(81-86)82-89-84(87)79-77-75-73-71-69-67-65-63-61-59-57-55-53-51-49-47-45-38-36-34-32-30-28-26-24-22-20-18-16-14-12-10-8-6-4-2/h5,7,11,13,16-19,22-25,83,86H,3-4,6,8-10,12,14-15,20-21,26-82H2,1-2H3/b7-5-,13-11-,18-16-,19-17-,24-22-,25-23-. The van der Waals surface area contributed by atoms with Crippen molar-refractivity contribution in [1.82, 2.24) is 0 Å². The lowest BCUT2D eigenvalue weighted by Crippen LogP contribution is -2.28. The van der Waals surface area contributed by atoms with E-state index in [1.54, 1.807) is 0 Å². The minimum atomic E-state index is -0.771. The smallest absolute Gasteiger partial charge is 0.306 e. The lowest BCUT2D eigenvalue weighted by molar-refractivity contribution is -0.161. The van der Waals surface area contributed by atoms with Crippen LogP contribution in [0.2, 0.25) is 0 Å². The summed E-state index contributed by atoms with van der Waals surface area (Å²) in [5.41, 5.74) is 0. The van der Waals surface area contributed by atoms with E-state index in [0.717, 1.165) is 64.2 Å². The second kappa shape index (κ2) is 80.6. The highest BCUT2D eigenvalue weighted by molar-refractivity contribution is 5.70. The van der Waals surface area contributed by atoms with Crippen molar-refractivity contribution in [2.45, 2.75) is 444 Å². The van der Waals surface area contributed by atoms with Gasteiger partial charge in [-0.2, -0.15) is 0 Å². The number of aliphatic hydroxyl groups excluding tert-OH is 1. The second-order valence-corrected chi connectivity index (χ2v) is 27.5. The molecule has 0 spiro atoms. The van der Waals surface area contributed by atoms with Crippen molar-refractivity contribution in [3.63, 3.8) is 0 Å². The molecule has 0 bridgehead atoms. The van der Waals surface area contributed by atoms with E-state index < -0.39 is 6.10 Å². The lowest BCUT2D eigenvalue weighted by atomic mass is 10.0. The Hall–Kier alpha value is -2.66. The Morgan fingerprint density at radius 2 is 0.478 bits per heavy atom. The van der Waals surface area contributed by atoms with Gasteiger partial charge in [0.15, 0.2) is 6.10 Å². The van der Waals surface area contributed by atoms with E-state index in [9.17, 15) is 14.7 Å². The van der Waals surface area contributed by atoms with Crippen molar-refractivity contribution < 1.29 is 24.2 Å². The molecule has 0 amide bonds. The van der Waals surface area contributed by atoms with Gasteiger partial charge in [0.1, 0.15) is 6.61 Å². The lowest BCUT2D eigenvalue weighted by Gasteiger charge is -2.15. The Labute approximate surface area is 563 Å². The molecule has 0 aliphatic carbocycles. The van der Waals surface area contributed by atoms with Crippen LogP contribution >= 0.6 is 0 Å². The summed E-state index contributed by atoms with van der Waals surface area (Å²) in [6, 6.07) is 0. The van der Waals surface area contributed by atoms with E-state index in [2.05, 4.69) is 86.8 Å². The van der Waals surface area contributed by atoms with E-state index in [0.29, 0.717) is 12.8 Å². The quantitative estimate of drug-likeness (QED) is 0.0373. The van der Waals surface area contributed by atoms with E-state index in [-0.39, 0.29) is 25.2 Å². The maximum atomic E-state index is 12.4. The van der Waals surface area contributed by atoms with Gasteiger partial charge in [0.25, 0.3) is 0 Å². The summed E-state index contributed by atoms with van der Waals surface area (Å²) in [5, 5.41) is 9.73. The van der Waals surface area contributed by atoms with Gasteiger partial charge in [0.2, 0.25) is 0 Å². The minimum Gasteiger partial charge on any atom is -0.462 e. The summed E-state index contributed by atoms with van der Waals surface area (Å²) >= 11 is 0. The molecule has 1 N–H and O–H groups in total. The normalized spacial score (nSPS) is 12.5. The van der Waals surface area contributed by atoms with Crippen LogP contribution in [0.15, 0.2) is 72.9 Å². The van der Waals surface area contributed by atoms with Gasteiger partial charge in [-0.05, 0) is 83.5 Å². The van der Waals surface area contributed by atoms with Gasteiger partial charge < -0.3 is 14.6 Å². The van der Waals surface area contributed by atoms with E-state index >= 15 is 0 Å². The third-order valence-electron chi connectivity index (χ3n) is 18.5. The SMILES string of the molecule is CC/C=C\C/C=C\C/C=C\C/C=C\CCCCCCCCCCCCCCCCCCCCCCCCCCCCCCC(=O)OC(CO)COC(=O)CCCCCCCCCCCCCCCCCCCCCCCCC/C=C\C/C=C\CCCCCCC. The molecule has 0 saturated carbocycles. The van der Waals surface area contributed by atoms with Gasteiger partial charge in [-0.15, -0.1) is 0 Å². The first kappa shape index (κ1) is 87.3. The summed E-state index contributed by atoms with van der Waals surface area (Å²) in [7, 11) is 0. The Morgan fingerprint density at radius 1 is 0.267 bits per heavy atom. The first-order valence-electron chi connectivity index (χ1n) is 40.5. The number of carbonyl (C=O) groups excluding carboxylic acids is 2. The topological polar surface area (TPSA) is 72.8 Å². The molecule has 5 heteroatoms. The molecule has 0 aromatic rings. The summed E-state index contributed by atoms with van der Waals surface area (Å²) in [6.07, 6.45) is 113. The average Bonchev–Trinajstić information content (AvgIpc) is 3.60. The Balaban J connectivity index is 3.36. The molecular weight excluding hydrogens is 1100 g/mol. The molecule has 0 fully saturated rings. The molecule has 0 radical (unpaired) electrons. The van der Waals surface area contributed by atoms with Gasteiger partial charge >= 0.3 is 11.9 Å². The van der Waals surface area contributed by atoms with Crippen LogP contribution < -0.4 is 0 Å². The van der Waals surface area contributed by atoms with E-state index in [1.807, 2.05) is 0 Å². The molecule has 0 aliphatic rings. The van der Waals surface area contributed by atoms with Crippen molar-refractivity contribution in [3.8, 4) is 0 Å². The van der Waals surface area contributed by atoms with Crippen molar-refractivity contribution >= 4 is 11.9 Å². The maximum absolute atomic E-state index is 12.4. The zero-order valence-corrected chi connectivity index (χ0v) is 60.7. The maximum Gasteiger partial charge on any atom is 0.306 e. The number of hydrogen-bond acceptors (Lipinski definition) is 5. The molecule has 0 rings (SSSR count). The molecule has 1 unspecified atom stereocenters. The molecular formula is C85H156O5. The second-order valence-electron chi connectivity index (χ2n) is 27.5. The molecule has 0 heterocycles. The molecule has 0 aromatic carbocycles.